The van der Waals surface area contributed by atoms with E-state index >= 15 is 0 Å². The quantitative estimate of drug-likeness (QED) is 0.381. The van der Waals surface area contributed by atoms with Crippen LogP contribution in [0.3, 0.4) is 0 Å². The van der Waals surface area contributed by atoms with Crippen LogP contribution in [-0.2, 0) is 6.54 Å². The van der Waals surface area contributed by atoms with Crippen molar-refractivity contribution in [1.29, 1.82) is 0 Å². The molecule has 5 heteroatoms. The van der Waals surface area contributed by atoms with Crippen LogP contribution in [0.15, 0.2) is 60.7 Å². The molecule has 0 unspecified atom stereocenters. The smallest absolute Gasteiger partial charge is 0.142 e. The van der Waals surface area contributed by atoms with Crippen molar-refractivity contribution in [2.75, 3.05) is 27.2 Å². The number of fused-ring (bicyclic) bond motifs is 1. The Morgan fingerprint density at radius 2 is 1.77 bits per heavy atom. The molecule has 0 bridgehead atoms. The highest BCUT2D eigenvalue weighted by Gasteiger charge is 2.12. The zero-order valence-electron chi connectivity index (χ0n) is 17.8. The van der Waals surface area contributed by atoms with E-state index in [1.165, 1.54) is 22.3 Å². The van der Waals surface area contributed by atoms with Crippen molar-refractivity contribution in [1.82, 2.24) is 20.6 Å². The van der Waals surface area contributed by atoms with Gasteiger partial charge in [0, 0.05) is 19.6 Å². The average molecular weight is 401 g/mol. The Hall–Kier alpha value is -3.15. The SMILES string of the molecule is CNCCNCc1ccc(-c2cc(C)c3[nH]c(-c4ccccc4OC)nc3c2)cc1. The zero-order valence-corrected chi connectivity index (χ0v) is 17.8. The maximum Gasteiger partial charge on any atom is 0.142 e. The van der Waals surface area contributed by atoms with Crippen molar-refractivity contribution in [3.63, 3.8) is 0 Å². The third-order valence-corrected chi connectivity index (χ3v) is 5.32. The van der Waals surface area contributed by atoms with Crippen LogP contribution < -0.4 is 15.4 Å². The molecule has 0 amide bonds. The van der Waals surface area contributed by atoms with Gasteiger partial charge in [0.25, 0.3) is 0 Å². The van der Waals surface area contributed by atoms with Gasteiger partial charge in [-0.1, -0.05) is 36.4 Å². The lowest BCUT2D eigenvalue weighted by atomic mass is 10.0. The highest BCUT2D eigenvalue weighted by Crippen LogP contribution is 2.32. The number of methoxy groups -OCH3 is 1. The van der Waals surface area contributed by atoms with Gasteiger partial charge >= 0.3 is 0 Å². The number of para-hydroxylation sites is 1. The molecule has 4 rings (SSSR count). The van der Waals surface area contributed by atoms with Crippen molar-refractivity contribution < 1.29 is 4.74 Å². The van der Waals surface area contributed by atoms with Crippen molar-refractivity contribution >= 4 is 11.0 Å². The van der Waals surface area contributed by atoms with Crippen molar-refractivity contribution in [2.45, 2.75) is 13.5 Å². The molecule has 0 aliphatic rings. The number of aromatic amines is 1. The number of hydrogen-bond donors (Lipinski definition) is 3. The molecule has 0 spiro atoms. The summed E-state index contributed by atoms with van der Waals surface area (Å²) in [5.74, 6) is 1.64. The number of H-pyrrole nitrogens is 1. The number of rotatable bonds is 8. The van der Waals surface area contributed by atoms with Crippen LogP contribution in [0.5, 0.6) is 5.75 Å². The minimum atomic E-state index is 0.813. The number of ether oxygens (including phenoxy) is 1. The van der Waals surface area contributed by atoms with E-state index in [4.69, 9.17) is 9.72 Å². The lowest BCUT2D eigenvalue weighted by Crippen LogP contribution is -2.24. The standard InChI is InChI=1S/C25H28N4O/c1-17-14-20(19-10-8-18(9-11-19)16-27-13-12-26-2)15-22-24(17)29-25(28-22)21-6-4-5-7-23(21)30-3/h4-11,14-15,26-27H,12-13,16H2,1-3H3,(H,28,29). The third-order valence-electron chi connectivity index (χ3n) is 5.32. The summed E-state index contributed by atoms with van der Waals surface area (Å²) in [6.45, 7) is 4.93. The van der Waals surface area contributed by atoms with Crippen LogP contribution in [-0.4, -0.2) is 37.2 Å². The fourth-order valence-electron chi connectivity index (χ4n) is 3.68. The molecule has 1 heterocycles. The van der Waals surface area contributed by atoms with Crippen LogP contribution in [0, 0.1) is 6.92 Å². The minimum absolute atomic E-state index is 0.813. The Morgan fingerprint density at radius 1 is 0.967 bits per heavy atom. The fourth-order valence-corrected chi connectivity index (χ4v) is 3.68. The highest BCUT2D eigenvalue weighted by molar-refractivity contribution is 5.88. The number of aryl methyl sites for hydroxylation is 1. The second kappa shape index (κ2) is 9.11. The summed E-state index contributed by atoms with van der Waals surface area (Å²) in [5.41, 5.74) is 7.81. The second-order valence-corrected chi connectivity index (χ2v) is 7.45. The first-order chi connectivity index (χ1) is 14.7. The molecule has 1 aromatic heterocycles. The molecule has 0 fully saturated rings. The molecular formula is C25H28N4O. The molecule has 154 valence electrons. The molecule has 30 heavy (non-hydrogen) atoms. The first kappa shape index (κ1) is 20.1. The number of aromatic nitrogens is 2. The van der Waals surface area contributed by atoms with E-state index in [0.29, 0.717) is 0 Å². The Labute approximate surface area is 177 Å². The molecule has 0 radical (unpaired) electrons. The van der Waals surface area contributed by atoms with Gasteiger partial charge in [0.1, 0.15) is 11.6 Å². The normalized spacial score (nSPS) is 11.2. The van der Waals surface area contributed by atoms with E-state index in [0.717, 1.165) is 47.8 Å². The highest BCUT2D eigenvalue weighted by atomic mass is 16.5. The van der Waals surface area contributed by atoms with E-state index in [9.17, 15) is 0 Å². The topological polar surface area (TPSA) is 62.0 Å². The summed E-state index contributed by atoms with van der Waals surface area (Å²) in [7, 11) is 3.65. The number of nitrogens with zero attached hydrogens (tertiary/aromatic N) is 1. The van der Waals surface area contributed by atoms with Crippen LogP contribution in [0.2, 0.25) is 0 Å². The van der Waals surface area contributed by atoms with Crippen molar-refractivity contribution in [3.8, 4) is 28.3 Å². The minimum Gasteiger partial charge on any atom is -0.496 e. The van der Waals surface area contributed by atoms with Crippen LogP contribution >= 0.6 is 0 Å². The Morgan fingerprint density at radius 3 is 2.53 bits per heavy atom. The van der Waals surface area contributed by atoms with E-state index in [2.05, 4.69) is 58.9 Å². The summed E-state index contributed by atoms with van der Waals surface area (Å²) < 4.78 is 5.50. The van der Waals surface area contributed by atoms with E-state index in [1.807, 2.05) is 31.3 Å². The number of imidazole rings is 1. The van der Waals surface area contributed by atoms with Gasteiger partial charge in [0.2, 0.25) is 0 Å². The van der Waals surface area contributed by atoms with Crippen LogP contribution in [0.4, 0.5) is 0 Å². The Bertz CT molecular complexity index is 1130. The number of hydrogen-bond acceptors (Lipinski definition) is 4. The monoisotopic (exact) mass is 400 g/mol. The summed E-state index contributed by atoms with van der Waals surface area (Å²) >= 11 is 0. The molecule has 3 N–H and O–H groups in total. The molecule has 3 aromatic carbocycles. The molecular weight excluding hydrogens is 372 g/mol. The van der Waals surface area contributed by atoms with E-state index in [1.54, 1.807) is 7.11 Å². The van der Waals surface area contributed by atoms with Gasteiger partial charge in [-0.3, -0.25) is 0 Å². The number of benzene rings is 3. The van der Waals surface area contributed by atoms with Crippen LogP contribution in [0.1, 0.15) is 11.1 Å². The molecule has 0 aliphatic carbocycles. The first-order valence-corrected chi connectivity index (χ1v) is 10.3. The lowest BCUT2D eigenvalue weighted by molar-refractivity contribution is 0.416. The third kappa shape index (κ3) is 4.22. The number of nitrogens with one attached hydrogen (secondary N) is 3. The predicted octanol–water partition coefficient (Wildman–Crippen LogP) is 4.52. The maximum absolute atomic E-state index is 5.50. The summed E-state index contributed by atoms with van der Waals surface area (Å²) in [6, 6.07) is 21.1. The molecule has 0 atom stereocenters. The van der Waals surface area contributed by atoms with Gasteiger partial charge < -0.3 is 20.4 Å². The molecule has 0 saturated carbocycles. The summed E-state index contributed by atoms with van der Waals surface area (Å²) in [5, 5.41) is 6.58. The van der Waals surface area contributed by atoms with Crippen molar-refractivity contribution in [3.05, 3.63) is 71.8 Å². The van der Waals surface area contributed by atoms with Gasteiger partial charge in [0.15, 0.2) is 0 Å². The van der Waals surface area contributed by atoms with Gasteiger partial charge in [-0.2, -0.15) is 0 Å². The van der Waals surface area contributed by atoms with Gasteiger partial charge in [-0.05, 0) is 60.5 Å². The fraction of sp³-hybridized carbons (Fsp3) is 0.240. The van der Waals surface area contributed by atoms with Crippen molar-refractivity contribution in [2.24, 2.45) is 0 Å². The Balaban J connectivity index is 1.61. The van der Waals surface area contributed by atoms with E-state index in [-0.39, 0.29) is 0 Å². The largest absolute Gasteiger partial charge is 0.496 e. The van der Waals surface area contributed by atoms with Gasteiger partial charge in [-0.15, -0.1) is 0 Å². The summed E-state index contributed by atoms with van der Waals surface area (Å²) in [4.78, 5) is 8.33. The number of likely N-dealkylation sites (N-methyl/N-ethyl adjacent to an activating group) is 1. The predicted molar refractivity (Wildman–Crippen MR) is 124 cm³/mol. The zero-order chi connectivity index (χ0) is 20.9. The Kier molecular flexibility index (Phi) is 6.12. The molecule has 5 nitrogen and oxygen atoms in total. The lowest BCUT2D eigenvalue weighted by Gasteiger charge is -2.07. The average Bonchev–Trinajstić information content (AvgIpc) is 3.22. The molecule has 0 aliphatic heterocycles. The molecule has 0 saturated heterocycles. The van der Waals surface area contributed by atoms with Gasteiger partial charge in [0.05, 0.1) is 23.7 Å². The molecule has 4 aromatic rings. The maximum atomic E-state index is 5.50. The summed E-state index contributed by atoms with van der Waals surface area (Å²) in [6.07, 6.45) is 0. The van der Waals surface area contributed by atoms with Crippen LogP contribution in [0.25, 0.3) is 33.5 Å². The first-order valence-electron chi connectivity index (χ1n) is 10.3. The van der Waals surface area contributed by atoms with Gasteiger partial charge in [-0.25, -0.2) is 4.98 Å². The second-order valence-electron chi connectivity index (χ2n) is 7.45. The van der Waals surface area contributed by atoms with E-state index < -0.39 is 0 Å².